The third-order valence-corrected chi connectivity index (χ3v) is 3.07. The number of methoxy groups -OCH3 is 2. The van der Waals surface area contributed by atoms with Gasteiger partial charge in [-0.25, -0.2) is 4.79 Å². The van der Waals surface area contributed by atoms with Crippen LogP contribution >= 0.6 is 0 Å². The zero-order chi connectivity index (χ0) is 13.4. The van der Waals surface area contributed by atoms with E-state index in [1.165, 1.54) is 18.6 Å². The maximum Gasteiger partial charge on any atom is 0.355 e. The van der Waals surface area contributed by atoms with Crippen LogP contribution in [0.3, 0.4) is 0 Å². The molecule has 19 heavy (non-hydrogen) atoms. The van der Waals surface area contributed by atoms with E-state index in [4.69, 9.17) is 9.47 Å². The van der Waals surface area contributed by atoms with Crippen LogP contribution in [-0.4, -0.2) is 23.6 Å². The van der Waals surface area contributed by atoms with Crippen molar-refractivity contribution in [2.24, 2.45) is 0 Å². The van der Waals surface area contributed by atoms with Crippen molar-refractivity contribution in [2.75, 3.05) is 14.2 Å². The van der Waals surface area contributed by atoms with Crippen molar-refractivity contribution in [3.63, 3.8) is 0 Å². The second kappa shape index (κ2) is 4.28. The molecule has 2 heterocycles. The summed E-state index contributed by atoms with van der Waals surface area (Å²) in [5, 5.41) is 1.94. The van der Waals surface area contributed by atoms with Gasteiger partial charge in [-0.1, -0.05) is 24.3 Å². The van der Waals surface area contributed by atoms with Crippen LogP contribution in [0.2, 0.25) is 0 Å². The van der Waals surface area contributed by atoms with Gasteiger partial charge in [-0.2, -0.15) is 4.98 Å². The van der Waals surface area contributed by atoms with Gasteiger partial charge in [0, 0.05) is 11.6 Å². The minimum atomic E-state index is -0.390. The molecule has 0 N–H and O–H groups in total. The van der Waals surface area contributed by atoms with Crippen molar-refractivity contribution in [1.29, 1.82) is 0 Å². The summed E-state index contributed by atoms with van der Waals surface area (Å²) >= 11 is 0. The van der Waals surface area contributed by atoms with Gasteiger partial charge in [0.15, 0.2) is 0 Å². The minimum absolute atomic E-state index is 0.198. The third kappa shape index (κ3) is 1.62. The van der Waals surface area contributed by atoms with E-state index in [1.54, 1.807) is 6.20 Å². The van der Waals surface area contributed by atoms with E-state index in [-0.39, 0.29) is 5.88 Å². The van der Waals surface area contributed by atoms with Crippen molar-refractivity contribution >= 4 is 16.3 Å². The monoisotopic (exact) mass is 256 g/mol. The highest BCUT2D eigenvalue weighted by molar-refractivity contribution is 5.99. The summed E-state index contributed by atoms with van der Waals surface area (Å²) in [6, 6.07) is 9.65. The Morgan fingerprint density at radius 2 is 1.89 bits per heavy atom. The Kier molecular flexibility index (Phi) is 2.59. The standard InChI is InChI=1S/C14H12N2O3/c1-18-12-11-10-6-4-3-5-9(10)7-8-16(11)14(17)15-13(12)19-2/h3-8H,1-2H3. The van der Waals surface area contributed by atoms with Gasteiger partial charge in [0.2, 0.25) is 5.75 Å². The summed E-state index contributed by atoms with van der Waals surface area (Å²) in [6.07, 6.45) is 1.69. The average molecular weight is 256 g/mol. The highest BCUT2D eigenvalue weighted by Crippen LogP contribution is 2.32. The Morgan fingerprint density at radius 1 is 1.11 bits per heavy atom. The molecule has 0 aliphatic rings. The van der Waals surface area contributed by atoms with Crippen molar-refractivity contribution in [3.05, 3.63) is 47.0 Å². The number of pyridine rings is 1. The lowest BCUT2D eigenvalue weighted by Gasteiger charge is -2.11. The first kappa shape index (κ1) is 11.5. The van der Waals surface area contributed by atoms with Gasteiger partial charge >= 0.3 is 5.69 Å². The third-order valence-electron chi connectivity index (χ3n) is 3.07. The number of benzene rings is 1. The fourth-order valence-corrected chi connectivity index (χ4v) is 2.22. The van der Waals surface area contributed by atoms with E-state index >= 15 is 0 Å². The first-order chi connectivity index (χ1) is 9.26. The van der Waals surface area contributed by atoms with Gasteiger partial charge in [0.25, 0.3) is 5.88 Å². The maximum absolute atomic E-state index is 12.0. The van der Waals surface area contributed by atoms with Crippen molar-refractivity contribution in [2.45, 2.75) is 0 Å². The van der Waals surface area contributed by atoms with Crippen LogP contribution in [0, 0.1) is 0 Å². The molecule has 0 spiro atoms. The Bertz CT molecular complexity index is 824. The molecule has 0 unspecified atom stereocenters. The van der Waals surface area contributed by atoms with Crippen LogP contribution in [0.4, 0.5) is 0 Å². The van der Waals surface area contributed by atoms with E-state index in [2.05, 4.69) is 4.98 Å². The largest absolute Gasteiger partial charge is 0.490 e. The summed E-state index contributed by atoms with van der Waals surface area (Å²) in [5.74, 6) is 0.655. The van der Waals surface area contributed by atoms with E-state index in [9.17, 15) is 4.79 Å². The number of hydrogen-bond donors (Lipinski definition) is 0. The molecule has 5 heteroatoms. The second-order valence-electron chi connectivity index (χ2n) is 4.06. The Morgan fingerprint density at radius 3 is 2.63 bits per heavy atom. The molecule has 0 aliphatic heterocycles. The maximum atomic E-state index is 12.0. The highest BCUT2D eigenvalue weighted by Gasteiger charge is 2.15. The fraction of sp³-hybridized carbons (Fsp3) is 0.143. The Balaban J connectivity index is 2.62. The molecule has 2 aromatic heterocycles. The quantitative estimate of drug-likeness (QED) is 0.657. The zero-order valence-electron chi connectivity index (χ0n) is 10.6. The van der Waals surface area contributed by atoms with Gasteiger partial charge in [0.1, 0.15) is 5.52 Å². The molecule has 1 aromatic carbocycles. The molecule has 0 atom stereocenters. The van der Waals surface area contributed by atoms with E-state index in [0.717, 1.165) is 10.8 Å². The molecule has 0 aliphatic carbocycles. The Labute approximate surface area is 109 Å². The number of aromatic nitrogens is 2. The lowest BCUT2D eigenvalue weighted by Crippen LogP contribution is -2.18. The second-order valence-corrected chi connectivity index (χ2v) is 4.06. The van der Waals surface area contributed by atoms with E-state index in [1.807, 2.05) is 30.3 Å². The summed E-state index contributed by atoms with van der Waals surface area (Å²) in [4.78, 5) is 15.8. The van der Waals surface area contributed by atoms with E-state index in [0.29, 0.717) is 11.3 Å². The van der Waals surface area contributed by atoms with Gasteiger partial charge in [-0.15, -0.1) is 0 Å². The predicted octanol–water partition coefficient (Wildman–Crippen LogP) is 1.86. The van der Waals surface area contributed by atoms with Crippen LogP contribution in [-0.2, 0) is 0 Å². The molecule has 0 saturated carbocycles. The van der Waals surface area contributed by atoms with E-state index < -0.39 is 5.69 Å². The number of ether oxygens (including phenoxy) is 2. The summed E-state index contributed by atoms with van der Waals surface area (Å²) in [5.41, 5.74) is 0.274. The number of nitrogens with zero attached hydrogens (tertiary/aromatic N) is 2. The normalized spacial score (nSPS) is 10.8. The van der Waals surface area contributed by atoms with Crippen molar-refractivity contribution < 1.29 is 9.47 Å². The number of hydrogen-bond acceptors (Lipinski definition) is 4. The average Bonchev–Trinajstić information content (AvgIpc) is 2.46. The molecule has 0 bridgehead atoms. The smallest absolute Gasteiger partial charge is 0.355 e. The van der Waals surface area contributed by atoms with Gasteiger partial charge in [0.05, 0.1) is 14.2 Å². The predicted molar refractivity (Wildman–Crippen MR) is 72.1 cm³/mol. The summed E-state index contributed by atoms with van der Waals surface area (Å²) in [7, 11) is 3.00. The van der Waals surface area contributed by atoms with Crippen LogP contribution in [0.5, 0.6) is 11.6 Å². The van der Waals surface area contributed by atoms with Crippen molar-refractivity contribution in [3.8, 4) is 11.6 Å². The molecular weight excluding hydrogens is 244 g/mol. The molecule has 3 rings (SSSR count). The molecule has 0 fully saturated rings. The first-order valence-electron chi connectivity index (χ1n) is 5.78. The van der Waals surface area contributed by atoms with Crippen LogP contribution in [0.15, 0.2) is 41.3 Å². The van der Waals surface area contributed by atoms with Crippen LogP contribution in [0.25, 0.3) is 16.3 Å². The SMILES string of the molecule is COc1nc(=O)n2ccc3ccccc3c2c1OC. The first-order valence-corrected chi connectivity index (χ1v) is 5.78. The highest BCUT2D eigenvalue weighted by atomic mass is 16.5. The lowest BCUT2D eigenvalue weighted by molar-refractivity contribution is 0.342. The van der Waals surface area contributed by atoms with Crippen LogP contribution in [0.1, 0.15) is 0 Å². The fourth-order valence-electron chi connectivity index (χ4n) is 2.22. The van der Waals surface area contributed by atoms with Gasteiger partial charge in [-0.3, -0.25) is 4.40 Å². The zero-order valence-corrected chi connectivity index (χ0v) is 10.6. The molecule has 3 aromatic rings. The molecule has 5 nitrogen and oxygen atoms in total. The number of rotatable bonds is 2. The van der Waals surface area contributed by atoms with Gasteiger partial charge < -0.3 is 9.47 Å². The lowest BCUT2D eigenvalue weighted by atomic mass is 10.1. The molecule has 0 amide bonds. The molecular formula is C14H12N2O3. The Hall–Kier alpha value is -2.56. The summed E-state index contributed by atoms with van der Waals surface area (Å²) < 4.78 is 12.0. The molecule has 96 valence electrons. The summed E-state index contributed by atoms with van der Waals surface area (Å²) in [6.45, 7) is 0. The molecule has 0 radical (unpaired) electrons. The molecule has 0 saturated heterocycles. The van der Waals surface area contributed by atoms with Gasteiger partial charge in [-0.05, 0) is 11.5 Å². The van der Waals surface area contributed by atoms with Crippen molar-refractivity contribution in [1.82, 2.24) is 9.38 Å². The minimum Gasteiger partial charge on any atom is -0.490 e. The topological polar surface area (TPSA) is 52.8 Å². The number of fused-ring (bicyclic) bond motifs is 3. The van der Waals surface area contributed by atoms with Crippen LogP contribution < -0.4 is 15.2 Å².